The molecule has 176 valence electrons. The van der Waals surface area contributed by atoms with E-state index in [2.05, 4.69) is 44.5 Å². The maximum Gasteiger partial charge on any atom is 0.221 e. The van der Waals surface area contributed by atoms with E-state index in [1.54, 1.807) is 19.6 Å². The molecular weight excluding hydrogens is 426 g/mol. The average molecular weight is 458 g/mol. The van der Waals surface area contributed by atoms with Crippen LogP contribution < -0.4 is 10.1 Å². The van der Waals surface area contributed by atoms with Gasteiger partial charge in [0.15, 0.2) is 0 Å². The molecule has 0 bridgehead atoms. The Morgan fingerprint density at radius 3 is 2.68 bits per heavy atom. The second-order valence-electron chi connectivity index (χ2n) is 9.45. The van der Waals surface area contributed by atoms with E-state index in [0.717, 1.165) is 60.9 Å². The van der Waals surface area contributed by atoms with Crippen LogP contribution in [-0.4, -0.2) is 65.3 Å². The molecular formula is C27H31N5O2. The van der Waals surface area contributed by atoms with Crippen LogP contribution in [-0.2, 0) is 11.2 Å². The van der Waals surface area contributed by atoms with Gasteiger partial charge in [-0.3, -0.25) is 4.90 Å². The van der Waals surface area contributed by atoms with Gasteiger partial charge in [0.2, 0.25) is 5.88 Å². The van der Waals surface area contributed by atoms with Crippen molar-refractivity contribution < 1.29 is 9.47 Å². The minimum atomic E-state index is 0.446. The molecule has 1 N–H and O–H groups in total. The van der Waals surface area contributed by atoms with Gasteiger partial charge >= 0.3 is 0 Å². The molecule has 1 saturated heterocycles. The van der Waals surface area contributed by atoms with Gasteiger partial charge < -0.3 is 14.8 Å². The number of fused-ring (bicyclic) bond motifs is 3. The van der Waals surface area contributed by atoms with Crippen LogP contribution in [0.5, 0.6) is 5.88 Å². The lowest BCUT2D eigenvalue weighted by molar-refractivity contribution is 0.00791. The summed E-state index contributed by atoms with van der Waals surface area (Å²) < 4.78 is 11.0. The topological polar surface area (TPSA) is 72.4 Å². The molecule has 2 aliphatic carbocycles. The number of rotatable bonds is 5. The fraction of sp³-hybridized carbons (Fsp3) is 0.444. The van der Waals surface area contributed by atoms with E-state index >= 15 is 0 Å². The standard InChI is InChI=1S/C27H31N5O2/c1-33-27-22(3-2-10-28-27)18-4-5-19-16-24-25(23(19)15-18)26(30-17-29-24)31-20-6-8-21(9-7-20)32-11-13-34-14-12-32/h2-5,10,15,17,20-21H,6-9,11-14,16H2,1H3,(H,29,30,31). The number of nitrogens with one attached hydrogen (secondary N) is 1. The first-order chi connectivity index (χ1) is 16.8. The van der Waals surface area contributed by atoms with E-state index in [-0.39, 0.29) is 0 Å². The first-order valence-corrected chi connectivity index (χ1v) is 12.3. The van der Waals surface area contributed by atoms with E-state index in [4.69, 9.17) is 14.5 Å². The summed E-state index contributed by atoms with van der Waals surface area (Å²) in [5.41, 5.74) is 6.85. The SMILES string of the molecule is COc1ncccc1-c1ccc2c(c1)-c1c(ncnc1NC1CCC(N3CCOCC3)CC1)C2. The van der Waals surface area contributed by atoms with E-state index in [1.807, 2.05) is 6.07 Å². The zero-order valence-electron chi connectivity index (χ0n) is 19.7. The van der Waals surface area contributed by atoms with Crippen LogP contribution in [0.2, 0.25) is 0 Å². The molecule has 3 aromatic rings. The Morgan fingerprint density at radius 2 is 1.85 bits per heavy atom. The highest BCUT2D eigenvalue weighted by atomic mass is 16.5. The van der Waals surface area contributed by atoms with Crippen LogP contribution in [0.4, 0.5) is 5.82 Å². The lowest BCUT2D eigenvalue weighted by atomic mass is 9.89. The maximum absolute atomic E-state index is 5.53. The lowest BCUT2D eigenvalue weighted by Crippen LogP contribution is -2.46. The molecule has 1 aliphatic heterocycles. The second kappa shape index (κ2) is 9.31. The Hall–Kier alpha value is -3.03. The highest BCUT2D eigenvalue weighted by molar-refractivity contribution is 5.87. The van der Waals surface area contributed by atoms with Gasteiger partial charge in [0.05, 0.1) is 26.0 Å². The molecule has 0 amide bonds. The van der Waals surface area contributed by atoms with Gasteiger partial charge in [-0.25, -0.2) is 15.0 Å². The second-order valence-corrected chi connectivity index (χ2v) is 9.45. The average Bonchev–Trinajstić information content (AvgIpc) is 3.28. The van der Waals surface area contributed by atoms with E-state index in [9.17, 15) is 0 Å². The summed E-state index contributed by atoms with van der Waals surface area (Å²) in [6.07, 6.45) is 9.10. The first kappa shape index (κ1) is 21.5. The monoisotopic (exact) mass is 457 g/mol. The Bertz CT molecular complexity index is 1170. The number of pyridine rings is 1. The molecule has 7 heteroatoms. The van der Waals surface area contributed by atoms with Gasteiger partial charge in [-0.15, -0.1) is 0 Å². The van der Waals surface area contributed by atoms with Gasteiger partial charge in [0.1, 0.15) is 12.1 Å². The number of aromatic nitrogens is 3. The van der Waals surface area contributed by atoms with Crippen molar-refractivity contribution >= 4 is 5.82 Å². The quantitative estimate of drug-likeness (QED) is 0.482. The molecule has 1 aromatic carbocycles. The molecule has 7 nitrogen and oxygen atoms in total. The zero-order valence-corrected chi connectivity index (χ0v) is 19.7. The number of anilines is 1. The molecule has 0 spiro atoms. The van der Waals surface area contributed by atoms with Crippen LogP contribution in [0.15, 0.2) is 42.9 Å². The molecule has 6 rings (SSSR count). The van der Waals surface area contributed by atoms with Crippen LogP contribution in [0, 0.1) is 0 Å². The fourth-order valence-corrected chi connectivity index (χ4v) is 5.75. The molecule has 2 aromatic heterocycles. The molecule has 34 heavy (non-hydrogen) atoms. The highest BCUT2D eigenvalue weighted by Crippen LogP contribution is 2.42. The predicted molar refractivity (Wildman–Crippen MR) is 132 cm³/mol. The fourth-order valence-electron chi connectivity index (χ4n) is 5.75. The Labute approximate surface area is 200 Å². The van der Waals surface area contributed by atoms with Crippen LogP contribution in [0.1, 0.15) is 36.9 Å². The number of morpholine rings is 1. The molecule has 1 saturated carbocycles. The van der Waals surface area contributed by atoms with Gasteiger partial charge in [0.25, 0.3) is 0 Å². The number of benzene rings is 1. The van der Waals surface area contributed by atoms with Crippen molar-refractivity contribution in [1.82, 2.24) is 19.9 Å². The number of ether oxygens (including phenoxy) is 2. The third kappa shape index (κ3) is 4.03. The summed E-state index contributed by atoms with van der Waals surface area (Å²) in [6.45, 7) is 3.89. The van der Waals surface area contributed by atoms with Gasteiger partial charge in [-0.1, -0.05) is 12.1 Å². The van der Waals surface area contributed by atoms with Crippen LogP contribution in [0.3, 0.4) is 0 Å². The minimum absolute atomic E-state index is 0.446. The van der Waals surface area contributed by atoms with E-state index in [0.29, 0.717) is 18.0 Å². The van der Waals surface area contributed by atoms with Gasteiger partial charge in [-0.2, -0.15) is 0 Å². The third-order valence-corrected chi connectivity index (χ3v) is 7.54. The van der Waals surface area contributed by atoms with Crippen molar-refractivity contribution in [3.63, 3.8) is 0 Å². The summed E-state index contributed by atoms with van der Waals surface area (Å²) in [7, 11) is 1.66. The van der Waals surface area contributed by atoms with Gasteiger partial charge in [-0.05, 0) is 60.6 Å². The lowest BCUT2D eigenvalue weighted by Gasteiger charge is -2.39. The van der Waals surface area contributed by atoms with E-state index in [1.165, 1.54) is 36.8 Å². The van der Waals surface area contributed by atoms with Crippen molar-refractivity contribution in [2.45, 2.75) is 44.2 Å². The van der Waals surface area contributed by atoms with E-state index < -0.39 is 0 Å². The molecule has 3 aliphatic rings. The van der Waals surface area contributed by atoms with Gasteiger partial charge in [0, 0.05) is 48.9 Å². The zero-order chi connectivity index (χ0) is 22.9. The number of hydrogen-bond acceptors (Lipinski definition) is 7. The first-order valence-electron chi connectivity index (χ1n) is 12.3. The highest BCUT2D eigenvalue weighted by Gasteiger charge is 2.29. The number of hydrogen-bond donors (Lipinski definition) is 1. The van der Waals surface area contributed by atoms with Crippen molar-refractivity contribution in [3.8, 4) is 28.1 Å². The summed E-state index contributed by atoms with van der Waals surface area (Å²) in [5.74, 6) is 1.61. The number of methoxy groups -OCH3 is 1. The molecule has 2 fully saturated rings. The summed E-state index contributed by atoms with van der Waals surface area (Å²) in [6, 6.07) is 11.7. The van der Waals surface area contributed by atoms with Crippen LogP contribution >= 0.6 is 0 Å². The molecule has 0 radical (unpaired) electrons. The Balaban J connectivity index is 1.24. The van der Waals surface area contributed by atoms with Crippen molar-refractivity contribution in [3.05, 3.63) is 54.1 Å². The molecule has 0 atom stereocenters. The van der Waals surface area contributed by atoms with Crippen molar-refractivity contribution in [2.24, 2.45) is 0 Å². The summed E-state index contributed by atoms with van der Waals surface area (Å²) in [5, 5.41) is 3.80. The van der Waals surface area contributed by atoms with Crippen molar-refractivity contribution in [1.29, 1.82) is 0 Å². The summed E-state index contributed by atoms with van der Waals surface area (Å²) in [4.78, 5) is 16.3. The smallest absolute Gasteiger partial charge is 0.221 e. The summed E-state index contributed by atoms with van der Waals surface area (Å²) >= 11 is 0. The predicted octanol–water partition coefficient (Wildman–Crippen LogP) is 4.17. The Morgan fingerprint density at radius 1 is 1.00 bits per heavy atom. The largest absolute Gasteiger partial charge is 0.481 e. The third-order valence-electron chi connectivity index (χ3n) is 7.54. The number of nitrogens with zero attached hydrogens (tertiary/aromatic N) is 4. The van der Waals surface area contributed by atoms with Crippen molar-refractivity contribution in [2.75, 3.05) is 38.7 Å². The molecule has 3 heterocycles. The normalized spacial score (nSPS) is 22.1. The maximum atomic E-state index is 5.53. The molecule has 0 unspecified atom stereocenters. The Kier molecular flexibility index (Phi) is 5.89. The van der Waals surface area contributed by atoms with Crippen LogP contribution in [0.25, 0.3) is 22.3 Å². The minimum Gasteiger partial charge on any atom is -0.481 e.